The van der Waals surface area contributed by atoms with E-state index in [9.17, 15) is 10.1 Å². The molecule has 1 aliphatic carbocycles. The first kappa shape index (κ1) is 23.0. The zero-order valence-electron chi connectivity index (χ0n) is 18.9. The summed E-state index contributed by atoms with van der Waals surface area (Å²) in [5.41, 5.74) is -0.379. The van der Waals surface area contributed by atoms with Crippen LogP contribution in [0.4, 0.5) is 0 Å². The monoisotopic (exact) mass is 427 g/mol. The fourth-order valence-corrected chi connectivity index (χ4v) is 3.86. The number of aromatic amines is 1. The Morgan fingerprint density at radius 2 is 2.16 bits per heavy atom. The SMILES string of the molecule is C=N/C(=C\C=C/CCC(C)(C#N)C1(C)C=c2[nH]c(=O)c(C)cc2=CC1)Oc1ccccc1. The number of ether oxygens (including phenoxy) is 1. The molecule has 1 aromatic carbocycles. The van der Waals surface area contributed by atoms with E-state index in [-0.39, 0.29) is 11.0 Å². The van der Waals surface area contributed by atoms with Crippen LogP contribution in [0.25, 0.3) is 12.2 Å². The lowest BCUT2D eigenvalue weighted by Crippen LogP contribution is -2.45. The second kappa shape index (κ2) is 9.65. The molecule has 5 heteroatoms. The van der Waals surface area contributed by atoms with E-state index in [1.54, 1.807) is 13.0 Å². The number of allylic oxidation sites excluding steroid dienone is 3. The number of hydrogen-bond donors (Lipinski definition) is 1. The number of nitrogens with zero attached hydrogens (tertiary/aromatic N) is 2. The molecule has 0 radical (unpaired) electrons. The molecule has 2 unspecified atom stereocenters. The van der Waals surface area contributed by atoms with Crippen LogP contribution in [0.15, 0.2) is 70.3 Å². The van der Waals surface area contributed by atoms with E-state index >= 15 is 0 Å². The summed E-state index contributed by atoms with van der Waals surface area (Å²) >= 11 is 0. The Morgan fingerprint density at radius 3 is 2.84 bits per heavy atom. The molecular formula is C27H29N3O2. The number of aromatic nitrogens is 1. The highest BCUT2D eigenvalue weighted by Gasteiger charge is 2.43. The van der Waals surface area contributed by atoms with Crippen molar-refractivity contribution < 1.29 is 4.74 Å². The smallest absolute Gasteiger partial charge is 0.251 e. The van der Waals surface area contributed by atoms with Gasteiger partial charge in [-0.15, -0.1) is 0 Å². The number of aliphatic imine (C=N–C) groups is 1. The van der Waals surface area contributed by atoms with Gasteiger partial charge in [-0.2, -0.15) is 5.26 Å². The van der Waals surface area contributed by atoms with Gasteiger partial charge in [-0.25, -0.2) is 4.99 Å². The van der Waals surface area contributed by atoms with Gasteiger partial charge < -0.3 is 9.72 Å². The summed E-state index contributed by atoms with van der Waals surface area (Å²) in [6.07, 6.45) is 12.0. The van der Waals surface area contributed by atoms with Crippen LogP contribution in [-0.4, -0.2) is 11.7 Å². The number of pyridine rings is 1. The lowest BCUT2D eigenvalue weighted by Gasteiger charge is -2.40. The largest absolute Gasteiger partial charge is 0.439 e. The molecule has 0 saturated heterocycles. The second-order valence-corrected chi connectivity index (χ2v) is 8.61. The summed E-state index contributed by atoms with van der Waals surface area (Å²) in [7, 11) is 0. The first-order valence-electron chi connectivity index (χ1n) is 10.7. The number of rotatable bonds is 8. The standard InChI is InChI=1S/C27H29N3O2/c1-20-17-21-14-16-26(2,18-23(21)30-25(20)31)27(3,19-28)15-10-6-9-13-24(29-4)32-22-11-7-5-8-12-22/h5-9,11-14,17-18H,4,10,15-16H2,1-3H3,(H,30,31)/b9-6-,24-13+. The van der Waals surface area contributed by atoms with Gasteiger partial charge in [0.15, 0.2) is 0 Å². The minimum Gasteiger partial charge on any atom is -0.439 e. The molecule has 0 fully saturated rings. The van der Waals surface area contributed by atoms with Gasteiger partial charge in [0.1, 0.15) is 5.75 Å². The number of aryl methyl sites for hydroxylation is 1. The van der Waals surface area contributed by atoms with Gasteiger partial charge in [0.25, 0.3) is 5.56 Å². The Morgan fingerprint density at radius 1 is 1.41 bits per heavy atom. The molecule has 164 valence electrons. The predicted molar refractivity (Wildman–Crippen MR) is 129 cm³/mol. The second-order valence-electron chi connectivity index (χ2n) is 8.61. The number of nitriles is 1. The van der Waals surface area contributed by atoms with E-state index < -0.39 is 5.41 Å². The maximum atomic E-state index is 12.1. The number of fused-ring (bicyclic) bond motifs is 1. The van der Waals surface area contributed by atoms with Crippen LogP contribution in [0.2, 0.25) is 0 Å². The third-order valence-electron chi connectivity index (χ3n) is 6.31. The van der Waals surface area contributed by atoms with Crippen LogP contribution in [0.1, 0.15) is 38.7 Å². The maximum Gasteiger partial charge on any atom is 0.251 e. The zero-order valence-corrected chi connectivity index (χ0v) is 18.9. The van der Waals surface area contributed by atoms with Gasteiger partial charge >= 0.3 is 0 Å². The average Bonchev–Trinajstić information content (AvgIpc) is 2.79. The molecule has 3 rings (SSSR count). The molecule has 1 aliphatic rings. The quantitative estimate of drug-likeness (QED) is 0.391. The minimum atomic E-state index is -0.600. The summed E-state index contributed by atoms with van der Waals surface area (Å²) in [6.45, 7) is 9.44. The van der Waals surface area contributed by atoms with Crippen LogP contribution >= 0.6 is 0 Å². The van der Waals surface area contributed by atoms with Gasteiger partial charge in [0.05, 0.1) is 11.5 Å². The minimum absolute atomic E-state index is 0.0876. The number of para-hydroxylation sites is 1. The Bertz CT molecular complexity index is 1260. The fraction of sp³-hybridized carbons (Fsp3) is 0.296. The normalized spacial score (nSPS) is 19.8. The topological polar surface area (TPSA) is 78.2 Å². The Kier molecular flexibility index (Phi) is 6.95. The van der Waals surface area contributed by atoms with Crippen molar-refractivity contribution in [2.75, 3.05) is 0 Å². The van der Waals surface area contributed by atoms with Crippen molar-refractivity contribution in [3.05, 3.63) is 87.0 Å². The molecular weight excluding hydrogens is 398 g/mol. The van der Waals surface area contributed by atoms with Crippen LogP contribution in [0.5, 0.6) is 5.75 Å². The Hall–Kier alpha value is -3.65. The summed E-state index contributed by atoms with van der Waals surface area (Å²) in [5.74, 6) is 1.11. The summed E-state index contributed by atoms with van der Waals surface area (Å²) < 4.78 is 5.69. The highest BCUT2D eigenvalue weighted by molar-refractivity contribution is 5.46. The van der Waals surface area contributed by atoms with Gasteiger partial charge in [0.2, 0.25) is 5.88 Å². The first-order chi connectivity index (χ1) is 15.3. The number of benzene rings is 1. The van der Waals surface area contributed by atoms with E-state index in [1.165, 1.54) is 0 Å². The fourth-order valence-electron chi connectivity index (χ4n) is 3.86. The van der Waals surface area contributed by atoms with E-state index in [0.29, 0.717) is 23.6 Å². The molecule has 2 atom stereocenters. The molecule has 0 bridgehead atoms. The number of hydrogen-bond acceptors (Lipinski definition) is 4. The van der Waals surface area contributed by atoms with Crippen molar-refractivity contribution in [3.8, 4) is 11.8 Å². The predicted octanol–water partition coefficient (Wildman–Crippen LogP) is 4.14. The molecule has 5 nitrogen and oxygen atoms in total. The molecule has 1 N–H and O–H groups in total. The Labute approximate surface area is 188 Å². The van der Waals surface area contributed by atoms with Gasteiger partial charge in [-0.3, -0.25) is 4.79 Å². The molecule has 2 aromatic rings. The lowest BCUT2D eigenvalue weighted by atomic mass is 9.61. The van der Waals surface area contributed by atoms with Crippen molar-refractivity contribution in [3.63, 3.8) is 0 Å². The van der Waals surface area contributed by atoms with Crippen LogP contribution in [0.3, 0.4) is 0 Å². The van der Waals surface area contributed by atoms with Crippen LogP contribution in [0, 0.1) is 29.1 Å². The molecule has 0 saturated carbocycles. The summed E-state index contributed by atoms with van der Waals surface area (Å²) in [4.78, 5) is 18.9. The Balaban J connectivity index is 1.72. The van der Waals surface area contributed by atoms with Crippen molar-refractivity contribution in [1.82, 2.24) is 4.98 Å². The third kappa shape index (κ3) is 4.97. The van der Waals surface area contributed by atoms with Crippen molar-refractivity contribution in [2.24, 2.45) is 15.8 Å². The van der Waals surface area contributed by atoms with Gasteiger partial charge in [-0.1, -0.05) is 49.4 Å². The molecule has 0 aliphatic heterocycles. The van der Waals surface area contributed by atoms with E-state index in [0.717, 1.165) is 23.4 Å². The van der Waals surface area contributed by atoms with E-state index in [1.807, 2.05) is 55.5 Å². The zero-order chi connectivity index (χ0) is 23.2. The average molecular weight is 428 g/mol. The number of nitrogens with one attached hydrogen (secondary N) is 1. The van der Waals surface area contributed by atoms with Crippen molar-refractivity contribution in [2.45, 2.75) is 40.0 Å². The maximum absolute atomic E-state index is 12.1. The number of H-pyrrole nitrogens is 1. The molecule has 0 spiro atoms. The molecule has 32 heavy (non-hydrogen) atoms. The first-order valence-corrected chi connectivity index (χ1v) is 10.7. The van der Waals surface area contributed by atoms with Gasteiger partial charge in [-0.05, 0) is 63.2 Å². The van der Waals surface area contributed by atoms with Gasteiger partial charge in [0, 0.05) is 22.4 Å². The van der Waals surface area contributed by atoms with Crippen molar-refractivity contribution >= 4 is 18.9 Å². The molecule has 1 aromatic heterocycles. The summed E-state index contributed by atoms with van der Waals surface area (Å²) in [5, 5.41) is 11.9. The van der Waals surface area contributed by atoms with E-state index in [4.69, 9.17) is 4.74 Å². The highest BCUT2D eigenvalue weighted by atomic mass is 16.5. The molecule has 1 heterocycles. The molecule has 0 amide bonds. The highest BCUT2D eigenvalue weighted by Crippen LogP contribution is 2.47. The lowest BCUT2D eigenvalue weighted by molar-refractivity contribution is 0.202. The third-order valence-corrected chi connectivity index (χ3v) is 6.31. The summed E-state index contributed by atoms with van der Waals surface area (Å²) in [6, 6.07) is 13.9. The van der Waals surface area contributed by atoms with Crippen LogP contribution < -0.4 is 20.9 Å². The van der Waals surface area contributed by atoms with E-state index in [2.05, 4.69) is 41.8 Å². The van der Waals surface area contributed by atoms with Crippen LogP contribution in [-0.2, 0) is 0 Å². The van der Waals surface area contributed by atoms with Crippen molar-refractivity contribution in [1.29, 1.82) is 5.26 Å².